The minimum absolute atomic E-state index is 0.220. The summed E-state index contributed by atoms with van der Waals surface area (Å²) in [7, 11) is 1.00. The zero-order valence-electron chi connectivity index (χ0n) is 19.5. The first-order chi connectivity index (χ1) is 16.2. The highest BCUT2D eigenvalue weighted by atomic mass is 19.1. The molecule has 1 aliphatic heterocycles. The van der Waals surface area contributed by atoms with Crippen LogP contribution in [0.1, 0.15) is 51.4 Å². The molecule has 1 aromatic heterocycles. The van der Waals surface area contributed by atoms with E-state index in [2.05, 4.69) is 9.88 Å². The van der Waals surface area contributed by atoms with Crippen molar-refractivity contribution < 1.29 is 19.0 Å². The van der Waals surface area contributed by atoms with E-state index in [1.54, 1.807) is 36.7 Å². The SMILES string of the molecule is CO.O=CN(CCC1CCCN(c2ccc(Oc3ccncc3)c(F)c2)C1)C1CCCCC1. The van der Waals surface area contributed by atoms with E-state index >= 15 is 0 Å². The van der Waals surface area contributed by atoms with E-state index in [0.717, 1.165) is 64.5 Å². The Morgan fingerprint density at radius 3 is 2.58 bits per heavy atom. The predicted molar refractivity (Wildman–Crippen MR) is 128 cm³/mol. The molecule has 180 valence electrons. The third-order valence-electron chi connectivity index (χ3n) is 6.65. The molecule has 6 nitrogen and oxygen atoms in total. The van der Waals surface area contributed by atoms with Gasteiger partial charge >= 0.3 is 0 Å². The molecule has 1 atom stereocenters. The number of ether oxygens (including phenoxy) is 1. The highest BCUT2D eigenvalue weighted by Gasteiger charge is 2.24. The Bertz CT molecular complexity index is 846. The number of halogens is 1. The second-order valence-electron chi connectivity index (χ2n) is 8.78. The number of amides is 1. The molecule has 33 heavy (non-hydrogen) atoms. The van der Waals surface area contributed by atoms with Crippen LogP contribution in [0, 0.1) is 11.7 Å². The fourth-order valence-electron chi connectivity index (χ4n) is 4.90. The lowest BCUT2D eigenvalue weighted by Gasteiger charge is -2.37. The summed E-state index contributed by atoms with van der Waals surface area (Å²) < 4.78 is 20.3. The number of pyridine rings is 1. The number of aliphatic hydroxyl groups is 1. The van der Waals surface area contributed by atoms with Crippen molar-refractivity contribution in [2.24, 2.45) is 5.92 Å². The first-order valence-corrected chi connectivity index (χ1v) is 12.0. The lowest BCUT2D eigenvalue weighted by Crippen LogP contribution is -2.40. The minimum atomic E-state index is -0.360. The van der Waals surface area contributed by atoms with E-state index in [4.69, 9.17) is 9.84 Å². The highest BCUT2D eigenvalue weighted by molar-refractivity contribution is 5.51. The number of carbonyl (C=O) groups is 1. The Morgan fingerprint density at radius 2 is 1.88 bits per heavy atom. The van der Waals surface area contributed by atoms with Crippen molar-refractivity contribution in [2.75, 3.05) is 31.6 Å². The number of aromatic nitrogens is 1. The Kier molecular flexibility index (Phi) is 9.94. The molecule has 2 heterocycles. The van der Waals surface area contributed by atoms with Crippen LogP contribution in [0.3, 0.4) is 0 Å². The molecule has 1 aliphatic carbocycles. The van der Waals surface area contributed by atoms with Crippen molar-refractivity contribution in [3.63, 3.8) is 0 Å². The van der Waals surface area contributed by atoms with Crippen LogP contribution in [0.5, 0.6) is 11.5 Å². The van der Waals surface area contributed by atoms with Crippen LogP contribution >= 0.6 is 0 Å². The molecule has 4 rings (SSSR count). The third-order valence-corrected chi connectivity index (χ3v) is 6.65. The Hall–Kier alpha value is -2.67. The molecule has 7 heteroatoms. The summed E-state index contributed by atoms with van der Waals surface area (Å²) >= 11 is 0. The van der Waals surface area contributed by atoms with Crippen molar-refractivity contribution in [1.29, 1.82) is 0 Å². The predicted octanol–water partition coefficient (Wildman–Crippen LogP) is 5.02. The number of benzene rings is 1. The van der Waals surface area contributed by atoms with Crippen molar-refractivity contribution >= 4 is 12.1 Å². The summed E-state index contributed by atoms with van der Waals surface area (Å²) in [6.07, 6.45) is 13.6. The van der Waals surface area contributed by atoms with Gasteiger partial charge in [-0.05, 0) is 62.3 Å². The van der Waals surface area contributed by atoms with Gasteiger partial charge in [-0.25, -0.2) is 4.39 Å². The van der Waals surface area contributed by atoms with E-state index in [-0.39, 0.29) is 11.6 Å². The maximum atomic E-state index is 14.7. The second-order valence-corrected chi connectivity index (χ2v) is 8.78. The molecular weight excluding hydrogens is 421 g/mol. The van der Waals surface area contributed by atoms with E-state index in [9.17, 15) is 9.18 Å². The second kappa shape index (κ2) is 13.1. The van der Waals surface area contributed by atoms with Gasteiger partial charge in [-0.3, -0.25) is 9.78 Å². The molecule has 0 radical (unpaired) electrons. The molecular formula is C26H36FN3O3. The molecule has 1 unspecified atom stereocenters. The quantitative estimate of drug-likeness (QED) is 0.564. The number of rotatable bonds is 8. The molecule has 2 fully saturated rings. The number of carbonyl (C=O) groups excluding carboxylic acids is 1. The number of aliphatic hydroxyl groups excluding tert-OH is 1. The molecule has 2 aliphatic rings. The van der Waals surface area contributed by atoms with Crippen molar-refractivity contribution in [2.45, 2.75) is 57.4 Å². The average Bonchev–Trinajstić information content (AvgIpc) is 2.88. The molecule has 1 amide bonds. The van der Waals surface area contributed by atoms with Gasteiger partial charge in [0.25, 0.3) is 0 Å². The molecule has 0 spiro atoms. The topological polar surface area (TPSA) is 65.9 Å². The lowest BCUT2D eigenvalue weighted by molar-refractivity contribution is -0.121. The molecule has 1 saturated carbocycles. The summed E-state index contributed by atoms with van der Waals surface area (Å²) in [5, 5.41) is 7.00. The summed E-state index contributed by atoms with van der Waals surface area (Å²) in [4.78, 5) is 19.9. The Balaban J connectivity index is 0.00000149. The minimum Gasteiger partial charge on any atom is -0.454 e. The third kappa shape index (κ3) is 7.16. The Morgan fingerprint density at radius 1 is 1.12 bits per heavy atom. The molecule has 2 aromatic rings. The van der Waals surface area contributed by atoms with Crippen LogP contribution in [-0.4, -0.2) is 54.2 Å². The van der Waals surface area contributed by atoms with Gasteiger partial charge in [-0.2, -0.15) is 0 Å². The van der Waals surface area contributed by atoms with Gasteiger partial charge in [-0.1, -0.05) is 19.3 Å². The van der Waals surface area contributed by atoms with Crippen LogP contribution in [0.2, 0.25) is 0 Å². The normalized spacial score (nSPS) is 18.8. The maximum Gasteiger partial charge on any atom is 0.209 e. The fourth-order valence-corrected chi connectivity index (χ4v) is 4.90. The summed E-state index contributed by atoms with van der Waals surface area (Å²) in [6, 6.07) is 9.04. The fraction of sp³-hybridized carbons (Fsp3) is 0.538. The van der Waals surface area contributed by atoms with Gasteiger partial charge in [0.1, 0.15) is 5.75 Å². The standard InChI is InChI=1S/C25H32FN3O2.CH4O/c26-24-17-22(8-9-25(24)31-23-10-13-27-14-11-23)28-15-4-5-20(18-28)12-16-29(19-30)21-6-2-1-3-7-21;1-2/h8-11,13-14,17,19-21H,1-7,12,15-16,18H2;2H,1H3. The maximum absolute atomic E-state index is 14.7. The number of hydrogen-bond donors (Lipinski definition) is 1. The summed E-state index contributed by atoms with van der Waals surface area (Å²) in [5.41, 5.74) is 0.892. The van der Waals surface area contributed by atoms with Gasteiger partial charge in [0, 0.05) is 56.9 Å². The van der Waals surface area contributed by atoms with E-state index in [1.165, 1.54) is 25.7 Å². The van der Waals surface area contributed by atoms with Crippen LogP contribution in [-0.2, 0) is 4.79 Å². The highest BCUT2D eigenvalue weighted by Crippen LogP contribution is 2.31. The van der Waals surface area contributed by atoms with Gasteiger partial charge in [-0.15, -0.1) is 0 Å². The summed E-state index contributed by atoms with van der Waals surface area (Å²) in [5.74, 6) is 0.950. The van der Waals surface area contributed by atoms with Gasteiger partial charge in [0.15, 0.2) is 11.6 Å². The van der Waals surface area contributed by atoms with Crippen LogP contribution < -0.4 is 9.64 Å². The zero-order valence-corrected chi connectivity index (χ0v) is 19.5. The number of piperidine rings is 1. The van der Waals surface area contributed by atoms with Crippen LogP contribution in [0.15, 0.2) is 42.7 Å². The lowest BCUT2D eigenvalue weighted by atomic mass is 9.92. The number of anilines is 1. The van der Waals surface area contributed by atoms with Crippen LogP contribution in [0.4, 0.5) is 10.1 Å². The van der Waals surface area contributed by atoms with Gasteiger partial charge < -0.3 is 19.6 Å². The van der Waals surface area contributed by atoms with E-state index < -0.39 is 0 Å². The average molecular weight is 458 g/mol. The first kappa shape index (κ1) is 25.0. The smallest absolute Gasteiger partial charge is 0.209 e. The van der Waals surface area contributed by atoms with Gasteiger partial charge in [0.2, 0.25) is 6.41 Å². The van der Waals surface area contributed by atoms with Crippen LogP contribution in [0.25, 0.3) is 0 Å². The monoisotopic (exact) mass is 457 g/mol. The van der Waals surface area contributed by atoms with E-state index in [0.29, 0.717) is 17.7 Å². The number of nitrogens with zero attached hydrogens (tertiary/aromatic N) is 3. The zero-order chi connectivity index (χ0) is 23.5. The summed E-state index contributed by atoms with van der Waals surface area (Å²) in [6.45, 7) is 2.67. The molecule has 1 aromatic carbocycles. The van der Waals surface area contributed by atoms with Crippen molar-refractivity contribution in [3.05, 3.63) is 48.5 Å². The van der Waals surface area contributed by atoms with E-state index in [1.807, 2.05) is 11.0 Å². The molecule has 1 N–H and O–H groups in total. The van der Waals surface area contributed by atoms with Crippen molar-refractivity contribution in [3.8, 4) is 11.5 Å². The van der Waals surface area contributed by atoms with Gasteiger partial charge in [0.05, 0.1) is 0 Å². The molecule has 0 bridgehead atoms. The molecule has 1 saturated heterocycles. The van der Waals surface area contributed by atoms with Crippen molar-refractivity contribution in [1.82, 2.24) is 9.88 Å². The number of hydrogen-bond acceptors (Lipinski definition) is 5. The first-order valence-electron chi connectivity index (χ1n) is 12.0. The Labute approximate surface area is 196 Å². The largest absolute Gasteiger partial charge is 0.454 e.